The molecule has 0 spiro atoms. The first-order valence-corrected chi connectivity index (χ1v) is 33.7. The summed E-state index contributed by atoms with van der Waals surface area (Å²) in [6.07, 6.45) is 71.4. The number of phosphoric ester groups is 1. The van der Waals surface area contributed by atoms with Crippen LogP contribution in [0.25, 0.3) is 0 Å². The van der Waals surface area contributed by atoms with Crippen LogP contribution in [0.3, 0.4) is 0 Å². The quantitative estimate of drug-likeness (QED) is 0.0272. The van der Waals surface area contributed by atoms with Crippen molar-refractivity contribution in [2.75, 3.05) is 40.9 Å². The topological polar surface area (TPSA) is 108 Å². The van der Waals surface area contributed by atoms with Gasteiger partial charge in [0.2, 0.25) is 5.91 Å². The molecule has 0 bridgehead atoms. The molecule has 0 radical (unpaired) electrons. The second kappa shape index (κ2) is 55.7. The number of aliphatic hydroxyl groups is 1. The summed E-state index contributed by atoms with van der Waals surface area (Å²) in [6.45, 7) is 4.69. The number of nitrogens with zero attached hydrogens (tertiary/aromatic N) is 1. The third-order valence-corrected chi connectivity index (χ3v) is 15.9. The molecule has 0 aromatic rings. The largest absolute Gasteiger partial charge is 0.756 e. The number of aliphatic hydroxyl groups excluding tert-OH is 1. The summed E-state index contributed by atoms with van der Waals surface area (Å²) in [5.74, 6) is -0.199. The van der Waals surface area contributed by atoms with Gasteiger partial charge in [0.25, 0.3) is 7.82 Å². The highest BCUT2D eigenvalue weighted by atomic mass is 31.2. The van der Waals surface area contributed by atoms with Gasteiger partial charge in [-0.3, -0.25) is 9.36 Å². The molecular formula is C64H127N2O6P. The lowest BCUT2D eigenvalue weighted by Crippen LogP contribution is -2.45. The molecule has 73 heavy (non-hydrogen) atoms. The fourth-order valence-electron chi connectivity index (χ4n) is 9.88. The predicted molar refractivity (Wildman–Crippen MR) is 316 cm³/mol. The number of likely N-dealkylation sites (N-methyl/N-ethyl adjacent to an activating group) is 1. The van der Waals surface area contributed by atoms with Gasteiger partial charge in [0.05, 0.1) is 39.9 Å². The van der Waals surface area contributed by atoms with E-state index in [-0.39, 0.29) is 19.1 Å². The van der Waals surface area contributed by atoms with E-state index in [1.165, 1.54) is 270 Å². The number of amides is 1. The molecule has 3 unspecified atom stereocenters. The second-order valence-corrected chi connectivity index (χ2v) is 24.9. The first-order valence-electron chi connectivity index (χ1n) is 32.2. The second-order valence-electron chi connectivity index (χ2n) is 23.5. The van der Waals surface area contributed by atoms with Gasteiger partial charge >= 0.3 is 0 Å². The fraction of sp³-hybridized carbons (Fsp3) is 0.922. The van der Waals surface area contributed by atoms with E-state index in [1.54, 1.807) is 6.08 Å². The standard InChI is InChI=1S/C64H127N2O6P/c1-6-8-10-12-14-16-18-20-22-24-26-28-30-32-34-36-38-40-42-44-46-48-50-52-54-56-58-64(68)65-62(61-72-73(69,70)71-60-59-66(3,4)5)63(67)57-55-53-51-49-47-45-43-41-39-37-35-33-31-29-27-25-23-21-19-17-15-13-11-9-7-2/h47,49,55,57,62-63,67H,6-46,48,50-54,56,58-61H2,1-5H3,(H-,65,68,69,70)/b49-47+,57-55+. The fourth-order valence-corrected chi connectivity index (χ4v) is 10.6. The Morgan fingerprint density at radius 3 is 1.11 bits per heavy atom. The van der Waals surface area contributed by atoms with E-state index in [1.807, 2.05) is 27.2 Å². The van der Waals surface area contributed by atoms with Crippen LogP contribution in [0.5, 0.6) is 0 Å². The van der Waals surface area contributed by atoms with Crippen LogP contribution in [-0.4, -0.2) is 68.5 Å². The third-order valence-electron chi connectivity index (χ3n) is 14.9. The monoisotopic (exact) mass is 1050 g/mol. The molecule has 2 N–H and O–H groups in total. The van der Waals surface area contributed by atoms with Gasteiger partial charge in [0.15, 0.2) is 0 Å². The number of allylic oxidation sites excluding steroid dienone is 3. The van der Waals surface area contributed by atoms with Crippen molar-refractivity contribution in [3.05, 3.63) is 24.3 Å². The number of rotatable bonds is 60. The van der Waals surface area contributed by atoms with Crippen LogP contribution >= 0.6 is 7.82 Å². The molecule has 9 heteroatoms. The van der Waals surface area contributed by atoms with E-state index in [2.05, 4.69) is 31.3 Å². The number of hydrogen-bond acceptors (Lipinski definition) is 6. The molecule has 0 aliphatic rings. The van der Waals surface area contributed by atoms with Crippen LogP contribution in [0, 0.1) is 0 Å². The molecular weight excluding hydrogens is 924 g/mol. The van der Waals surface area contributed by atoms with Gasteiger partial charge in [-0.05, 0) is 32.1 Å². The summed E-state index contributed by atoms with van der Waals surface area (Å²) in [5.41, 5.74) is 0. The van der Waals surface area contributed by atoms with Crippen molar-refractivity contribution in [1.29, 1.82) is 0 Å². The van der Waals surface area contributed by atoms with E-state index in [0.29, 0.717) is 17.4 Å². The van der Waals surface area contributed by atoms with Gasteiger partial charge in [0, 0.05) is 6.42 Å². The van der Waals surface area contributed by atoms with Crippen molar-refractivity contribution in [3.63, 3.8) is 0 Å². The Kier molecular flexibility index (Phi) is 54.9. The lowest BCUT2D eigenvalue weighted by atomic mass is 10.0. The maximum atomic E-state index is 13.0. The summed E-state index contributed by atoms with van der Waals surface area (Å²) in [7, 11) is 1.26. The van der Waals surface area contributed by atoms with Crippen LogP contribution in [0.1, 0.15) is 328 Å². The molecule has 0 aromatic carbocycles. The Balaban J connectivity index is 4.14. The number of carbonyl (C=O) groups is 1. The van der Waals surface area contributed by atoms with Gasteiger partial charge in [-0.25, -0.2) is 0 Å². The number of quaternary nitrogens is 1. The van der Waals surface area contributed by atoms with E-state index in [9.17, 15) is 19.4 Å². The van der Waals surface area contributed by atoms with Crippen LogP contribution in [0.2, 0.25) is 0 Å². The molecule has 3 atom stereocenters. The molecule has 8 nitrogen and oxygen atoms in total. The molecule has 0 saturated heterocycles. The predicted octanol–water partition coefficient (Wildman–Crippen LogP) is 19.3. The van der Waals surface area contributed by atoms with Gasteiger partial charge in [0.1, 0.15) is 13.2 Å². The maximum Gasteiger partial charge on any atom is 0.268 e. The van der Waals surface area contributed by atoms with Crippen LogP contribution in [-0.2, 0) is 18.4 Å². The smallest absolute Gasteiger partial charge is 0.268 e. The first-order chi connectivity index (χ1) is 35.5. The van der Waals surface area contributed by atoms with E-state index in [4.69, 9.17) is 9.05 Å². The lowest BCUT2D eigenvalue weighted by molar-refractivity contribution is -0.870. The highest BCUT2D eigenvalue weighted by Crippen LogP contribution is 2.38. The minimum atomic E-state index is -4.61. The highest BCUT2D eigenvalue weighted by Gasteiger charge is 2.23. The summed E-state index contributed by atoms with van der Waals surface area (Å²) in [5, 5.41) is 13.9. The number of phosphoric acid groups is 1. The van der Waals surface area contributed by atoms with Crippen LogP contribution in [0.4, 0.5) is 0 Å². The molecule has 1 amide bonds. The Morgan fingerprint density at radius 1 is 0.466 bits per heavy atom. The maximum absolute atomic E-state index is 13.0. The van der Waals surface area contributed by atoms with Gasteiger partial charge in [-0.1, -0.05) is 314 Å². The molecule has 434 valence electrons. The van der Waals surface area contributed by atoms with Crippen molar-refractivity contribution < 1.29 is 32.9 Å². The Hall–Kier alpha value is -1.02. The van der Waals surface area contributed by atoms with E-state index >= 15 is 0 Å². The minimum absolute atomic E-state index is 0.00352. The minimum Gasteiger partial charge on any atom is -0.756 e. The van der Waals surface area contributed by atoms with Gasteiger partial charge in [-0.2, -0.15) is 0 Å². The van der Waals surface area contributed by atoms with E-state index in [0.717, 1.165) is 38.5 Å². The molecule has 0 aliphatic heterocycles. The zero-order chi connectivity index (χ0) is 53.5. The number of carbonyl (C=O) groups excluding carboxylic acids is 1. The lowest BCUT2D eigenvalue weighted by Gasteiger charge is -2.29. The van der Waals surface area contributed by atoms with Crippen molar-refractivity contribution in [2.45, 2.75) is 341 Å². The molecule has 0 rings (SSSR count). The third kappa shape index (κ3) is 58.5. The van der Waals surface area contributed by atoms with Gasteiger partial charge in [-0.15, -0.1) is 0 Å². The van der Waals surface area contributed by atoms with Crippen LogP contribution in [0.15, 0.2) is 24.3 Å². The summed E-state index contributed by atoms with van der Waals surface area (Å²) in [4.78, 5) is 25.6. The number of hydrogen-bond donors (Lipinski definition) is 2. The van der Waals surface area contributed by atoms with Crippen LogP contribution < -0.4 is 10.2 Å². The Morgan fingerprint density at radius 2 is 0.767 bits per heavy atom. The zero-order valence-electron chi connectivity index (χ0n) is 49.6. The van der Waals surface area contributed by atoms with Crippen molar-refractivity contribution >= 4 is 13.7 Å². The summed E-state index contributed by atoms with van der Waals surface area (Å²) < 4.78 is 23.4. The SMILES string of the molecule is CCCCCCCCCCCCCCCCCCCCC/C=C/CC/C=C/C(O)C(COP(=O)([O-])OCC[N+](C)(C)C)NC(=O)CCCCCCCCCCCCCCCCCCCCCCCCCCCC. The average Bonchev–Trinajstić information content (AvgIpc) is 3.35. The molecule has 0 aliphatic carbocycles. The summed E-state index contributed by atoms with van der Waals surface area (Å²) >= 11 is 0. The first kappa shape index (κ1) is 72.0. The zero-order valence-corrected chi connectivity index (χ0v) is 50.5. The van der Waals surface area contributed by atoms with Gasteiger partial charge < -0.3 is 28.8 Å². The van der Waals surface area contributed by atoms with Crippen molar-refractivity contribution in [3.8, 4) is 0 Å². The van der Waals surface area contributed by atoms with E-state index < -0.39 is 20.0 Å². The van der Waals surface area contributed by atoms with Crippen molar-refractivity contribution in [1.82, 2.24) is 5.32 Å². The Labute approximate surface area is 455 Å². The average molecular weight is 1050 g/mol. The molecule has 0 aromatic heterocycles. The number of unbranched alkanes of at least 4 members (excludes halogenated alkanes) is 45. The normalized spacial score (nSPS) is 13.9. The molecule has 0 fully saturated rings. The number of nitrogens with one attached hydrogen (secondary N) is 1. The Bertz CT molecular complexity index is 1240. The van der Waals surface area contributed by atoms with Crippen molar-refractivity contribution in [2.24, 2.45) is 0 Å². The highest BCUT2D eigenvalue weighted by molar-refractivity contribution is 7.45. The summed E-state index contributed by atoms with van der Waals surface area (Å²) in [6, 6.07) is -0.901. The molecule has 0 heterocycles. The molecule has 0 saturated carbocycles.